The molecule has 0 bridgehead atoms. The van der Waals surface area contributed by atoms with Crippen molar-refractivity contribution in [2.75, 3.05) is 11.9 Å². The number of hydrogen-bond donors (Lipinski definition) is 1. The summed E-state index contributed by atoms with van der Waals surface area (Å²) in [6.45, 7) is 0. The van der Waals surface area contributed by atoms with Crippen LogP contribution < -0.4 is 15.7 Å². The molecule has 152 valence electrons. The lowest BCUT2D eigenvalue weighted by Gasteiger charge is -2.20. The molecule has 1 unspecified atom stereocenters. The highest BCUT2D eigenvalue weighted by atomic mass is 32.2. The fourth-order valence-electron chi connectivity index (χ4n) is 3.28. The fraction of sp³-hybridized carbons (Fsp3) is 0.143. The molecule has 1 N–H and O–H groups in total. The van der Waals surface area contributed by atoms with Crippen LogP contribution in [0.2, 0.25) is 0 Å². The quantitative estimate of drug-likeness (QED) is 0.364. The predicted molar refractivity (Wildman–Crippen MR) is 109 cm³/mol. The standard InChI is InChI=1S/C21H15F3N4OS/c1-28-16-4-2-3-5-19(16)30-20(28)27-26-13-7-8-14-18(11-13)29-17-9-6-12(21(22,23)24)10-15(17)25-14/h2-11,20,27H,1H3/b26-13-. The number of thioether (sulfide) groups is 1. The van der Waals surface area contributed by atoms with Crippen LogP contribution in [0.5, 0.6) is 0 Å². The van der Waals surface area contributed by atoms with E-state index in [1.165, 1.54) is 11.0 Å². The summed E-state index contributed by atoms with van der Waals surface area (Å²) in [6.07, 6.45) is -4.43. The number of nitrogens with one attached hydrogen (secondary N) is 1. The van der Waals surface area contributed by atoms with Crippen LogP contribution in [0.15, 0.2) is 75.1 Å². The highest BCUT2D eigenvalue weighted by Gasteiger charge is 2.31. The zero-order valence-electron chi connectivity index (χ0n) is 15.6. The molecule has 2 aromatic rings. The average molecular weight is 428 g/mol. The third-order valence-electron chi connectivity index (χ3n) is 4.83. The van der Waals surface area contributed by atoms with E-state index in [-0.39, 0.29) is 16.6 Å². The Morgan fingerprint density at radius 1 is 1.10 bits per heavy atom. The Morgan fingerprint density at radius 2 is 1.93 bits per heavy atom. The number of alkyl halides is 3. The molecule has 2 aliphatic heterocycles. The van der Waals surface area contributed by atoms with E-state index in [2.05, 4.69) is 32.5 Å². The van der Waals surface area contributed by atoms with E-state index in [0.717, 1.165) is 17.8 Å². The van der Waals surface area contributed by atoms with E-state index in [1.807, 2.05) is 19.2 Å². The number of para-hydroxylation sites is 1. The monoisotopic (exact) mass is 428 g/mol. The maximum atomic E-state index is 12.9. The Labute approximate surface area is 173 Å². The summed E-state index contributed by atoms with van der Waals surface area (Å²) in [5, 5.41) is 5.08. The predicted octanol–water partition coefficient (Wildman–Crippen LogP) is 4.88. The molecule has 0 radical (unpaired) electrons. The summed E-state index contributed by atoms with van der Waals surface area (Å²) in [5.74, 6) is 0.445. The van der Waals surface area contributed by atoms with Gasteiger partial charge in [0.05, 0.1) is 16.6 Å². The SMILES string of the molecule is CN1c2ccccc2SC1N/N=c1/ccc2nc3cc(C(F)(F)F)ccc3oc-2c1. The van der Waals surface area contributed by atoms with Gasteiger partial charge >= 0.3 is 6.18 Å². The Bertz CT molecular complexity index is 1290. The van der Waals surface area contributed by atoms with Crippen molar-refractivity contribution in [1.82, 2.24) is 10.4 Å². The second-order valence-electron chi connectivity index (χ2n) is 6.84. The zero-order valence-corrected chi connectivity index (χ0v) is 16.5. The highest BCUT2D eigenvalue weighted by molar-refractivity contribution is 8.00. The summed E-state index contributed by atoms with van der Waals surface area (Å²) in [6, 6.07) is 16.5. The molecule has 0 saturated heterocycles. The lowest BCUT2D eigenvalue weighted by molar-refractivity contribution is -0.137. The number of fused-ring (bicyclic) bond motifs is 3. The van der Waals surface area contributed by atoms with Crippen molar-refractivity contribution in [1.29, 1.82) is 0 Å². The van der Waals surface area contributed by atoms with Gasteiger partial charge in [0.25, 0.3) is 0 Å². The van der Waals surface area contributed by atoms with E-state index >= 15 is 0 Å². The third-order valence-corrected chi connectivity index (χ3v) is 6.07. The largest absolute Gasteiger partial charge is 0.453 e. The van der Waals surface area contributed by atoms with E-state index < -0.39 is 11.7 Å². The first kappa shape index (κ1) is 18.8. The van der Waals surface area contributed by atoms with Crippen LogP contribution in [-0.2, 0) is 6.18 Å². The number of nitrogens with zero attached hydrogens (tertiary/aromatic N) is 3. The summed E-state index contributed by atoms with van der Waals surface area (Å²) in [4.78, 5) is 7.58. The second kappa shape index (κ2) is 6.94. The molecule has 0 fully saturated rings. The molecule has 1 aliphatic carbocycles. The van der Waals surface area contributed by atoms with Gasteiger partial charge in [-0.05, 0) is 42.5 Å². The van der Waals surface area contributed by atoms with Crippen molar-refractivity contribution < 1.29 is 17.6 Å². The van der Waals surface area contributed by atoms with E-state index in [9.17, 15) is 13.2 Å². The lowest BCUT2D eigenvalue weighted by Crippen LogP contribution is -2.36. The van der Waals surface area contributed by atoms with Crippen LogP contribution in [-0.4, -0.2) is 17.5 Å². The minimum Gasteiger partial charge on any atom is -0.453 e. The molecular formula is C21H15F3N4OS. The first-order valence-electron chi connectivity index (χ1n) is 9.08. The molecule has 30 heavy (non-hydrogen) atoms. The van der Waals surface area contributed by atoms with Crippen LogP contribution in [0.25, 0.3) is 22.6 Å². The Hall–Kier alpha value is -3.20. The van der Waals surface area contributed by atoms with Gasteiger partial charge in [0.2, 0.25) is 0 Å². The van der Waals surface area contributed by atoms with Gasteiger partial charge < -0.3 is 9.32 Å². The van der Waals surface area contributed by atoms with Gasteiger partial charge in [-0.2, -0.15) is 18.3 Å². The normalized spacial score (nSPS) is 17.0. The number of halogens is 3. The van der Waals surface area contributed by atoms with Crippen LogP contribution in [0, 0.1) is 0 Å². The van der Waals surface area contributed by atoms with Gasteiger partial charge in [-0.1, -0.05) is 23.9 Å². The van der Waals surface area contributed by atoms with Crippen molar-refractivity contribution >= 4 is 28.5 Å². The molecule has 5 nitrogen and oxygen atoms in total. The molecule has 0 amide bonds. The third kappa shape index (κ3) is 3.35. The Kier molecular flexibility index (Phi) is 4.35. The Morgan fingerprint density at radius 3 is 2.73 bits per heavy atom. The van der Waals surface area contributed by atoms with Crippen LogP contribution in [0.4, 0.5) is 18.9 Å². The van der Waals surface area contributed by atoms with Crippen LogP contribution in [0.1, 0.15) is 5.56 Å². The number of aromatic nitrogens is 1. The molecule has 5 rings (SSSR count). The van der Waals surface area contributed by atoms with Gasteiger partial charge in [-0.25, -0.2) is 4.98 Å². The smallest absolute Gasteiger partial charge is 0.416 e. The minimum atomic E-state index is -4.43. The van der Waals surface area contributed by atoms with Gasteiger partial charge in [0.1, 0.15) is 11.2 Å². The molecule has 0 aromatic heterocycles. The molecule has 2 heterocycles. The fourth-order valence-corrected chi connectivity index (χ4v) is 4.39. The first-order chi connectivity index (χ1) is 14.4. The number of hydrogen-bond acceptors (Lipinski definition) is 6. The summed E-state index contributed by atoms with van der Waals surface area (Å²) in [5.41, 5.74) is 4.37. The summed E-state index contributed by atoms with van der Waals surface area (Å²) >= 11 is 1.67. The second-order valence-corrected chi connectivity index (χ2v) is 7.96. The van der Waals surface area contributed by atoms with Gasteiger partial charge in [0.15, 0.2) is 16.8 Å². The van der Waals surface area contributed by atoms with Gasteiger partial charge in [0, 0.05) is 18.0 Å². The molecule has 9 heteroatoms. The number of rotatable bonds is 2. The lowest BCUT2D eigenvalue weighted by atomic mass is 10.1. The summed E-state index contributed by atoms with van der Waals surface area (Å²) in [7, 11) is 1.99. The first-order valence-corrected chi connectivity index (χ1v) is 9.96. The average Bonchev–Trinajstić information content (AvgIpc) is 3.05. The topological polar surface area (TPSA) is 53.7 Å². The van der Waals surface area contributed by atoms with Crippen molar-refractivity contribution in [2.24, 2.45) is 5.10 Å². The molecule has 2 aromatic carbocycles. The number of anilines is 1. The van der Waals surface area contributed by atoms with Crippen LogP contribution in [0.3, 0.4) is 0 Å². The molecule has 3 aliphatic rings. The van der Waals surface area contributed by atoms with Crippen molar-refractivity contribution in [3.05, 3.63) is 71.6 Å². The molecule has 0 spiro atoms. The van der Waals surface area contributed by atoms with Crippen molar-refractivity contribution in [3.8, 4) is 11.5 Å². The molecule has 1 atom stereocenters. The number of benzene rings is 3. The zero-order chi connectivity index (χ0) is 20.9. The van der Waals surface area contributed by atoms with Gasteiger partial charge in [-0.15, -0.1) is 0 Å². The van der Waals surface area contributed by atoms with Crippen molar-refractivity contribution in [3.63, 3.8) is 0 Å². The van der Waals surface area contributed by atoms with E-state index in [0.29, 0.717) is 16.8 Å². The summed E-state index contributed by atoms with van der Waals surface area (Å²) < 4.78 is 44.5. The molecule has 0 saturated carbocycles. The highest BCUT2D eigenvalue weighted by Crippen LogP contribution is 2.40. The minimum absolute atomic E-state index is 0.0504. The Balaban J connectivity index is 1.45. The van der Waals surface area contributed by atoms with E-state index in [1.54, 1.807) is 30.0 Å². The van der Waals surface area contributed by atoms with E-state index in [4.69, 9.17) is 4.42 Å². The van der Waals surface area contributed by atoms with Crippen LogP contribution >= 0.6 is 11.8 Å². The van der Waals surface area contributed by atoms with Crippen molar-refractivity contribution in [2.45, 2.75) is 16.6 Å². The van der Waals surface area contributed by atoms with Gasteiger partial charge in [-0.3, -0.25) is 5.43 Å². The molecular weight excluding hydrogens is 413 g/mol. The maximum absolute atomic E-state index is 12.9. The maximum Gasteiger partial charge on any atom is 0.416 e.